The first kappa shape index (κ1) is 16.5. The largest absolute Gasteiger partial charge is 0.497 e. The Morgan fingerprint density at radius 3 is 2.33 bits per heavy atom. The van der Waals surface area contributed by atoms with Crippen molar-refractivity contribution in [1.82, 2.24) is 0 Å². The van der Waals surface area contributed by atoms with Crippen LogP contribution in [0.4, 0.5) is 0 Å². The maximum atomic E-state index is 9.10. The summed E-state index contributed by atoms with van der Waals surface area (Å²) in [6.45, 7) is 0.677. The lowest BCUT2D eigenvalue weighted by Crippen LogP contribution is -2.09. The summed E-state index contributed by atoms with van der Waals surface area (Å²) in [7, 11) is 1.69. The number of rotatable bonds is 3. The lowest BCUT2D eigenvalue weighted by atomic mass is 10.0. The van der Waals surface area contributed by atoms with Gasteiger partial charge in [-0.3, -0.25) is 0 Å². The first-order valence-corrected chi connectivity index (χ1v) is 6.21. The molecule has 0 aliphatic carbocycles. The number of carbonyl (C=O) groups is 2. The van der Waals surface area contributed by atoms with E-state index in [9.17, 15) is 0 Å². The van der Waals surface area contributed by atoms with Crippen molar-refractivity contribution in [1.29, 1.82) is 0 Å². The fraction of sp³-hybridized carbons (Fsp3) is 0.200. The Labute approximate surface area is 121 Å². The third-order valence-corrected chi connectivity index (χ3v) is 2.78. The zero-order chi connectivity index (χ0) is 15.8. The Balaban J connectivity index is 0.000000315. The van der Waals surface area contributed by atoms with Crippen LogP contribution in [0.25, 0.3) is 10.8 Å². The summed E-state index contributed by atoms with van der Waals surface area (Å²) in [5.74, 6) is -2.75. The summed E-state index contributed by atoms with van der Waals surface area (Å²) in [5, 5.41) is 17.3. The van der Waals surface area contributed by atoms with E-state index in [1.165, 1.54) is 16.3 Å². The van der Waals surface area contributed by atoms with Gasteiger partial charge in [-0.25, -0.2) is 9.59 Å². The topological polar surface area (TPSA) is 110 Å². The predicted octanol–water partition coefficient (Wildman–Crippen LogP) is 1.51. The summed E-state index contributed by atoms with van der Waals surface area (Å²) in [6, 6.07) is 12.4. The second-order valence-corrected chi connectivity index (χ2v) is 4.15. The van der Waals surface area contributed by atoms with E-state index in [0.717, 1.165) is 12.2 Å². The molecule has 6 nitrogen and oxygen atoms in total. The third kappa shape index (κ3) is 4.77. The van der Waals surface area contributed by atoms with E-state index in [-0.39, 0.29) is 0 Å². The van der Waals surface area contributed by atoms with Gasteiger partial charge in [-0.2, -0.15) is 0 Å². The van der Waals surface area contributed by atoms with Crippen LogP contribution in [0.2, 0.25) is 0 Å². The van der Waals surface area contributed by atoms with Crippen LogP contribution in [-0.4, -0.2) is 35.8 Å². The van der Waals surface area contributed by atoms with Crippen molar-refractivity contribution in [2.24, 2.45) is 5.73 Å². The molecular formula is C15H17NO5. The zero-order valence-corrected chi connectivity index (χ0v) is 11.6. The number of hydrogen-bond donors (Lipinski definition) is 3. The smallest absolute Gasteiger partial charge is 0.414 e. The Bertz CT molecular complexity index is 627. The van der Waals surface area contributed by atoms with Gasteiger partial charge in [0.25, 0.3) is 0 Å². The number of carboxylic acids is 2. The van der Waals surface area contributed by atoms with E-state index in [2.05, 4.69) is 30.3 Å². The van der Waals surface area contributed by atoms with Crippen LogP contribution < -0.4 is 10.5 Å². The first-order valence-electron chi connectivity index (χ1n) is 6.21. The molecule has 0 heterocycles. The van der Waals surface area contributed by atoms with Crippen LogP contribution in [0.3, 0.4) is 0 Å². The molecule has 0 bridgehead atoms. The molecular weight excluding hydrogens is 274 g/mol. The number of aliphatic carboxylic acids is 2. The van der Waals surface area contributed by atoms with Gasteiger partial charge in [0.1, 0.15) is 5.75 Å². The fourth-order valence-electron chi connectivity index (χ4n) is 1.82. The molecule has 21 heavy (non-hydrogen) atoms. The highest BCUT2D eigenvalue weighted by Gasteiger charge is 2.04. The quantitative estimate of drug-likeness (QED) is 0.739. The van der Waals surface area contributed by atoms with Crippen molar-refractivity contribution in [3.63, 3.8) is 0 Å². The summed E-state index contributed by atoms with van der Waals surface area (Å²) in [4.78, 5) is 18.2. The monoisotopic (exact) mass is 291 g/mol. The molecule has 112 valence electrons. The maximum Gasteiger partial charge on any atom is 0.414 e. The average molecular weight is 291 g/mol. The number of methoxy groups -OCH3 is 1. The normalized spacial score (nSPS) is 9.62. The molecule has 0 aromatic heterocycles. The molecule has 2 aromatic rings. The molecule has 0 aliphatic rings. The van der Waals surface area contributed by atoms with Crippen LogP contribution in [0.15, 0.2) is 36.4 Å². The summed E-state index contributed by atoms with van der Waals surface area (Å²) >= 11 is 0. The molecule has 4 N–H and O–H groups in total. The number of ether oxygens (including phenoxy) is 1. The van der Waals surface area contributed by atoms with Gasteiger partial charge < -0.3 is 20.7 Å². The summed E-state index contributed by atoms with van der Waals surface area (Å²) in [6.07, 6.45) is 0.907. The van der Waals surface area contributed by atoms with Crippen molar-refractivity contribution in [3.05, 3.63) is 42.0 Å². The van der Waals surface area contributed by atoms with E-state index >= 15 is 0 Å². The molecule has 0 fully saturated rings. The number of hydrogen-bond acceptors (Lipinski definition) is 4. The minimum Gasteiger partial charge on any atom is -0.497 e. The van der Waals surface area contributed by atoms with Crippen LogP contribution in [0.1, 0.15) is 5.56 Å². The van der Waals surface area contributed by atoms with E-state index in [1.54, 1.807) is 7.11 Å². The molecule has 0 amide bonds. The lowest BCUT2D eigenvalue weighted by Gasteiger charge is -2.07. The van der Waals surface area contributed by atoms with E-state index < -0.39 is 11.9 Å². The van der Waals surface area contributed by atoms with E-state index in [0.29, 0.717) is 6.54 Å². The van der Waals surface area contributed by atoms with Gasteiger partial charge in [0, 0.05) is 0 Å². The molecule has 2 aromatic carbocycles. The number of benzene rings is 2. The number of carboxylic acid groups (broad SMARTS) is 2. The molecule has 0 saturated carbocycles. The molecule has 0 atom stereocenters. The van der Waals surface area contributed by atoms with Gasteiger partial charge in [0.2, 0.25) is 0 Å². The highest BCUT2D eigenvalue weighted by Crippen LogP contribution is 2.24. The molecule has 0 radical (unpaired) electrons. The highest BCUT2D eigenvalue weighted by atomic mass is 16.5. The molecule has 0 spiro atoms. The predicted molar refractivity (Wildman–Crippen MR) is 78.5 cm³/mol. The second kappa shape index (κ2) is 7.86. The Hall–Kier alpha value is -2.60. The van der Waals surface area contributed by atoms with E-state index in [1.807, 2.05) is 6.07 Å². The van der Waals surface area contributed by atoms with Crippen molar-refractivity contribution in [2.75, 3.05) is 13.7 Å². The lowest BCUT2D eigenvalue weighted by molar-refractivity contribution is -0.159. The molecule has 6 heteroatoms. The van der Waals surface area contributed by atoms with Gasteiger partial charge in [-0.1, -0.05) is 24.3 Å². The van der Waals surface area contributed by atoms with Crippen LogP contribution >= 0.6 is 0 Å². The van der Waals surface area contributed by atoms with Crippen LogP contribution in [0.5, 0.6) is 5.75 Å². The van der Waals surface area contributed by atoms with Crippen LogP contribution in [0, 0.1) is 0 Å². The summed E-state index contributed by atoms with van der Waals surface area (Å²) in [5.41, 5.74) is 6.88. The molecule has 0 saturated heterocycles. The second-order valence-electron chi connectivity index (χ2n) is 4.15. The molecule has 0 unspecified atom stereocenters. The Kier molecular flexibility index (Phi) is 6.16. The summed E-state index contributed by atoms with van der Waals surface area (Å²) < 4.78 is 5.22. The number of fused-ring (bicyclic) bond motifs is 1. The first-order chi connectivity index (χ1) is 9.99. The third-order valence-electron chi connectivity index (χ3n) is 2.78. The van der Waals surface area contributed by atoms with Crippen LogP contribution in [-0.2, 0) is 16.0 Å². The minimum atomic E-state index is -1.82. The van der Waals surface area contributed by atoms with Gasteiger partial charge in [0.05, 0.1) is 7.11 Å². The van der Waals surface area contributed by atoms with Gasteiger partial charge in [0.15, 0.2) is 0 Å². The Morgan fingerprint density at radius 1 is 1.14 bits per heavy atom. The van der Waals surface area contributed by atoms with Crippen molar-refractivity contribution in [2.45, 2.75) is 6.42 Å². The van der Waals surface area contributed by atoms with Crippen molar-refractivity contribution < 1.29 is 24.5 Å². The van der Waals surface area contributed by atoms with Crippen molar-refractivity contribution in [3.8, 4) is 5.75 Å². The van der Waals surface area contributed by atoms with E-state index in [4.69, 9.17) is 30.3 Å². The Morgan fingerprint density at radius 2 is 1.81 bits per heavy atom. The minimum absolute atomic E-state index is 0.677. The van der Waals surface area contributed by atoms with Gasteiger partial charge in [-0.15, -0.1) is 0 Å². The molecule has 0 aliphatic heterocycles. The molecule has 2 rings (SSSR count). The van der Waals surface area contributed by atoms with Gasteiger partial charge in [-0.05, 0) is 41.4 Å². The maximum absolute atomic E-state index is 9.10. The zero-order valence-electron chi connectivity index (χ0n) is 11.6. The average Bonchev–Trinajstić information content (AvgIpc) is 2.48. The fourth-order valence-corrected chi connectivity index (χ4v) is 1.82. The number of nitrogens with two attached hydrogens (primary N) is 1. The van der Waals surface area contributed by atoms with Crippen molar-refractivity contribution >= 4 is 22.7 Å². The van der Waals surface area contributed by atoms with Gasteiger partial charge >= 0.3 is 11.9 Å². The highest BCUT2D eigenvalue weighted by molar-refractivity contribution is 6.27. The standard InChI is InChI=1S/C13H15NO.C2H2O4/c1-15-12-6-5-10-3-2-4-11(7-8-14)13(10)9-12;3-1(4)2(5)6/h2-6,9H,7-8,14H2,1H3;(H,3,4)(H,5,6). The SMILES string of the molecule is COc1ccc2cccc(CCN)c2c1.O=C(O)C(=O)O.